The average Bonchev–Trinajstić information content (AvgIpc) is 2.59. The van der Waals surface area contributed by atoms with Crippen molar-refractivity contribution < 1.29 is 14.6 Å². The molecule has 1 aromatic carbocycles. The maximum Gasteiger partial charge on any atom is 0.157 e. The number of phenols is 1. The molecule has 0 saturated heterocycles. The van der Waals surface area contributed by atoms with Crippen molar-refractivity contribution in [1.82, 2.24) is 10.3 Å². The summed E-state index contributed by atoms with van der Waals surface area (Å²) in [6.07, 6.45) is 5.07. The highest BCUT2D eigenvalue weighted by atomic mass is 16.5. The summed E-state index contributed by atoms with van der Waals surface area (Å²) in [4.78, 5) is 15.5. The standard InChI is InChI=1S/C19H21N3O3/c1-13(2)22-16(8-9-20)19-14(5-4-10-21-19)12-25-18-7-3-6-17(24)15(18)11-23/h3-11,13,20,22,24H,12H2,1-2H3/b16-8-,20-9?. The number of hydrogen-bond acceptors (Lipinski definition) is 6. The van der Waals surface area contributed by atoms with Gasteiger partial charge in [-0.25, -0.2) is 0 Å². The molecule has 130 valence electrons. The Morgan fingerprint density at radius 3 is 2.84 bits per heavy atom. The van der Waals surface area contributed by atoms with Gasteiger partial charge in [-0.3, -0.25) is 9.78 Å². The second-order valence-electron chi connectivity index (χ2n) is 5.65. The number of nitrogens with one attached hydrogen (secondary N) is 2. The van der Waals surface area contributed by atoms with Crippen LogP contribution in [0.15, 0.2) is 42.6 Å². The van der Waals surface area contributed by atoms with Crippen LogP contribution in [0.4, 0.5) is 0 Å². The topological polar surface area (TPSA) is 95.3 Å². The quantitative estimate of drug-likeness (QED) is 0.507. The zero-order valence-electron chi connectivity index (χ0n) is 14.2. The normalized spacial score (nSPS) is 11.2. The van der Waals surface area contributed by atoms with Gasteiger partial charge in [0.2, 0.25) is 0 Å². The van der Waals surface area contributed by atoms with Gasteiger partial charge in [0.05, 0.1) is 17.0 Å². The molecule has 0 aliphatic rings. The van der Waals surface area contributed by atoms with Crippen molar-refractivity contribution in [3.63, 3.8) is 0 Å². The molecule has 1 heterocycles. The van der Waals surface area contributed by atoms with E-state index in [-0.39, 0.29) is 24.0 Å². The number of aldehydes is 1. The molecule has 0 bridgehead atoms. The van der Waals surface area contributed by atoms with E-state index in [2.05, 4.69) is 10.3 Å². The number of allylic oxidation sites excluding steroid dienone is 1. The molecule has 0 fully saturated rings. The van der Waals surface area contributed by atoms with Crippen LogP contribution in [0.5, 0.6) is 11.5 Å². The number of aromatic hydroxyl groups is 1. The lowest BCUT2D eigenvalue weighted by molar-refractivity contribution is 0.111. The molecule has 0 atom stereocenters. The molecule has 0 spiro atoms. The Bertz CT molecular complexity index is 785. The van der Waals surface area contributed by atoms with Crippen LogP contribution in [0.2, 0.25) is 0 Å². The van der Waals surface area contributed by atoms with Crippen molar-refractivity contribution in [3.8, 4) is 11.5 Å². The van der Waals surface area contributed by atoms with Crippen molar-refractivity contribution >= 4 is 18.2 Å². The number of phenolic OH excluding ortho intramolecular Hbond substituents is 1. The molecule has 6 heteroatoms. The van der Waals surface area contributed by atoms with E-state index >= 15 is 0 Å². The van der Waals surface area contributed by atoms with Crippen LogP contribution in [0.1, 0.15) is 35.5 Å². The largest absolute Gasteiger partial charge is 0.507 e. The van der Waals surface area contributed by atoms with E-state index in [0.29, 0.717) is 17.7 Å². The van der Waals surface area contributed by atoms with Gasteiger partial charge in [-0.2, -0.15) is 0 Å². The van der Waals surface area contributed by atoms with Gasteiger partial charge in [-0.1, -0.05) is 12.1 Å². The summed E-state index contributed by atoms with van der Waals surface area (Å²) in [5, 5.41) is 20.3. The smallest absolute Gasteiger partial charge is 0.157 e. The third-order valence-electron chi connectivity index (χ3n) is 3.38. The first-order valence-corrected chi connectivity index (χ1v) is 7.88. The number of ether oxygens (including phenoxy) is 1. The van der Waals surface area contributed by atoms with Crippen LogP contribution < -0.4 is 10.1 Å². The highest BCUT2D eigenvalue weighted by Gasteiger charge is 2.13. The minimum atomic E-state index is -0.121. The zero-order chi connectivity index (χ0) is 18.2. The zero-order valence-corrected chi connectivity index (χ0v) is 14.2. The van der Waals surface area contributed by atoms with Gasteiger partial charge in [0.15, 0.2) is 6.29 Å². The summed E-state index contributed by atoms with van der Waals surface area (Å²) in [6, 6.07) is 8.51. The number of carbonyl (C=O) groups is 1. The molecule has 6 nitrogen and oxygen atoms in total. The van der Waals surface area contributed by atoms with Crippen LogP contribution in [0, 0.1) is 5.41 Å². The molecule has 25 heavy (non-hydrogen) atoms. The van der Waals surface area contributed by atoms with E-state index < -0.39 is 0 Å². The highest BCUT2D eigenvalue weighted by molar-refractivity contribution is 5.83. The third-order valence-corrected chi connectivity index (χ3v) is 3.38. The fourth-order valence-electron chi connectivity index (χ4n) is 2.32. The maximum atomic E-state index is 11.1. The number of nitrogens with zero attached hydrogens (tertiary/aromatic N) is 1. The summed E-state index contributed by atoms with van der Waals surface area (Å²) in [7, 11) is 0. The molecule has 2 aromatic rings. The summed E-state index contributed by atoms with van der Waals surface area (Å²) >= 11 is 0. The summed E-state index contributed by atoms with van der Waals surface area (Å²) in [5.41, 5.74) is 2.30. The van der Waals surface area contributed by atoms with Crippen LogP contribution in [0.3, 0.4) is 0 Å². The van der Waals surface area contributed by atoms with Gasteiger partial charge in [-0.15, -0.1) is 0 Å². The number of pyridine rings is 1. The lowest BCUT2D eigenvalue weighted by Gasteiger charge is -2.17. The number of hydrogen-bond donors (Lipinski definition) is 3. The van der Waals surface area contributed by atoms with Crippen molar-refractivity contribution in [3.05, 3.63) is 59.4 Å². The van der Waals surface area contributed by atoms with E-state index in [1.54, 1.807) is 30.5 Å². The van der Waals surface area contributed by atoms with Crippen LogP contribution in [-0.4, -0.2) is 28.6 Å². The molecule has 3 N–H and O–H groups in total. The van der Waals surface area contributed by atoms with Gasteiger partial charge in [-0.05, 0) is 38.1 Å². The molecule has 1 aromatic heterocycles. The Morgan fingerprint density at radius 1 is 1.36 bits per heavy atom. The fraction of sp³-hybridized carbons (Fsp3) is 0.211. The second kappa shape index (κ2) is 8.63. The molecular formula is C19H21N3O3. The van der Waals surface area contributed by atoms with Gasteiger partial charge < -0.3 is 20.6 Å². The monoisotopic (exact) mass is 339 g/mol. The predicted molar refractivity (Wildman–Crippen MR) is 97.1 cm³/mol. The van der Waals surface area contributed by atoms with Gasteiger partial charge in [0, 0.05) is 24.0 Å². The Hall–Kier alpha value is -3.15. The highest BCUT2D eigenvalue weighted by Crippen LogP contribution is 2.27. The van der Waals surface area contributed by atoms with Crippen molar-refractivity contribution in [2.24, 2.45) is 0 Å². The fourth-order valence-corrected chi connectivity index (χ4v) is 2.32. The van der Waals surface area contributed by atoms with Crippen molar-refractivity contribution in [2.75, 3.05) is 0 Å². The van der Waals surface area contributed by atoms with Gasteiger partial charge in [0.25, 0.3) is 0 Å². The molecule has 0 unspecified atom stereocenters. The molecule has 2 rings (SSSR count). The number of carbonyl (C=O) groups excluding carboxylic acids is 1. The van der Waals surface area contributed by atoms with Crippen molar-refractivity contribution in [1.29, 1.82) is 5.41 Å². The van der Waals surface area contributed by atoms with Crippen molar-refractivity contribution in [2.45, 2.75) is 26.5 Å². The Balaban J connectivity index is 2.30. The van der Waals surface area contributed by atoms with E-state index in [9.17, 15) is 9.90 Å². The summed E-state index contributed by atoms with van der Waals surface area (Å²) in [6.45, 7) is 4.17. The molecular weight excluding hydrogens is 318 g/mol. The first kappa shape index (κ1) is 18.2. The molecule has 0 aliphatic carbocycles. The van der Waals surface area contributed by atoms with E-state index in [1.807, 2.05) is 19.9 Å². The Kier molecular flexibility index (Phi) is 6.28. The first-order valence-electron chi connectivity index (χ1n) is 7.88. The third kappa shape index (κ3) is 4.67. The number of benzene rings is 1. The van der Waals surface area contributed by atoms with Crippen LogP contribution >= 0.6 is 0 Å². The lowest BCUT2D eigenvalue weighted by Crippen LogP contribution is -2.22. The van der Waals surface area contributed by atoms with E-state index in [4.69, 9.17) is 10.1 Å². The summed E-state index contributed by atoms with van der Waals surface area (Å²) in [5.74, 6) is 0.184. The molecule has 0 saturated carbocycles. The minimum Gasteiger partial charge on any atom is -0.507 e. The predicted octanol–water partition coefficient (Wildman–Crippen LogP) is 3.17. The van der Waals surface area contributed by atoms with Crippen LogP contribution in [0.25, 0.3) is 5.70 Å². The number of rotatable bonds is 8. The Labute approximate surface area is 146 Å². The SMILES string of the molecule is CC(C)N/C(=C\C=N)c1ncccc1COc1cccc(O)c1C=O. The van der Waals surface area contributed by atoms with E-state index in [1.165, 1.54) is 12.3 Å². The maximum absolute atomic E-state index is 11.1. The van der Waals surface area contributed by atoms with E-state index in [0.717, 1.165) is 11.3 Å². The van der Waals surface area contributed by atoms with Crippen LogP contribution in [-0.2, 0) is 6.61 Å². The summed E-state index contributed by atoms with van der Waals surface area (Å²) < 4.78 is 5.73. The Morgan fingerprint density at radius 2 is 2.16 bits per heavy atom. The molecule has 0 radical (unpaired) electrons. The molecule has 0 aliphatic heterocycles. The van der Waals surface area contributed by atoms with Gasteiger partial charge >= 0.3 is 0 Å². The van der Waals surface area contributed by atoms with Gasteiger partial charge in [0.1, 0.15) is 18.1 Å². The molecule has 0 amide bonds. The number of aromatic nitrogens is 1. The first-order chi connectivity index (χ1) is 12.1. The minimum absolute atomic E-state index is 0.114. The average molecular weight is 339 g/mol. The lowest BCUT2D eigenvalue weighted by atomic mass is 10.1. The second-order valence-corrected chi connectivity index (χ2v) is 5.65.